The maximum absolute atomic E-state index is 11.1. The van der Waals surface area contributed by atoms with Gasteiger partial charge in [-0.2, -0.15) is 4.98 Å². The summed E-state index contributed by atoms with van der Waals surface area (Å²) in [5, 5.41) is 3.83. The van der Waals surface area contributed by atoms with Crippen LogP contribution in [0.15, 0.2) is 33.3 Å². The Kier molecular flexibility index (Phi) is 4.02. The number of sulfonamides is 1. The summed E-state index contributed by atoms with van der Waals surface area (Å²) in [5.41, 5.74) is 0.796. The number of halogens is 1. The second kappa shape index (κ2) is 5.40. The van der Waals surface area contributed by atoms with Crippen molar-refractivity contribution in [3.8, 4) is 11.4 Å². The highest BCUT2D eigenvalue weighted by molar-refractivity contribution is 9.10. The molecule has 0 amide bonds. The lowest BCUT2D eigenvalue weighted by Gasteiger charge is -2.05. The minimum absolute atomic E-state index is 0.225. The Morgan fingerprint density at radius 1 is 1.32 bits per heavy atom. The van der Waals surface area contributed by atoms with Crippen LogP contribution in [0.5, 0.6) is 0 Å². The van der Waals surface area contributed by atoms with Crippen molar-refractivity contribution in [1.82, 2.24) is 14.9 Å². The van der Waals surface area contributed by atoms with Crippen LogP contribution in [0.4, 0.5) is 0 Å². The molecule has 0 saturated carbocycles. The van der Waals surface area contributed by atoms with Crippen LogP contribution in [-0.2, 0) is 10.0 Å². The Hall–Kier alpha value is -1.25. The van der Waals surface area contributed by atoms with Gasteiger partial charge in [0.1, 0.15) is 0 Å². The molecule has 2 aromatic rings. The van der Waals surface area contributed by atoms with Gasteiger partial charge in [0.25, 0.3) is 0 Å². The van der Waals surface area contributed by atoms with E-state index in [4.69, 9.17) is 4.52 Å². The van der Waals surface area contributed by atoms with Crippen LogP contribution in [0.25, 0.3) is 11.4 Å². The first-order chi connectivity index (χ1) is 8.85. The van der Waals surface area contributed by atoms with Gasteiger partial charge in [0.2, 0.25) is 21.7 Å². The van der Waals surface area contributed by atoms with Gasteiger partial charge in [0.15, 0.2) is 0 Å². The van der Waals surface area contributed by atoms with Gasteiger partial charge < -0.3 is 4.52 Å². The SMILES string of the molecule is C[C@@H](NS(C)(=O)=O)c1nc(-c2ccc(Br)cc2)no1. The molecule has 0 aliphatic heterocycles. The quantitative estimate of drug-likeness (QED) is 0.917. The summed E-state index contributed by atoms with van der Waals surface area (Å²) in [6.07, 6.45) is 1.08. The molecule has 1 atom stereocenters. The third-order valence-electron chi connectivity index (χ3n) is 2.31. The third kappa shape index (κ3) is 3.85. The van der Waals surface area contributed by atoms with E-state index in [0.29, 0.717) is 5.82 Å². The Morgan fingerprint density at radius 2 is 1.95 bits per heavy atom. The molecule has 0 aliphatic rings. The van der Waals surface area contributed by atoms with Crippen molar-refractivity contribution in [2.75, 3.05) is 6.26 Å². The van der Waals surface area contributed by atoms with Crippen molar-refractivity contribution >= 4 is 26.0 Å². The highest BCUT2D eigenvalue weighted by atomic mass is 79.9. The average molecular weight is 346 g/mol. The molecule has 0 spiro atoms. The molecule has 19 heavy (non-hydrogen) atoms. The number of rotatable bonds is 4. The fourth-order valence-electron chi connectivity index (χ4n) is 1.50. The fourth-order valence-corrected chi connectivity index (χ4v) is 2.51. The zero-order valence-corrected chi connectivity index (χ0v) is 12.7. The normalized spacial score (nSPS) is 13.4. The zero-order valence-electron chi connectivity index (χ0n) is 10.3. The molecule has 0 aliphatic carbocycles. The molecule has 102 valence electrons. The average Bonchev–Trinajstić information content (AvgIpc) is 2.77. The lowest BCUT2D eigenvalue weighted by molar-refractivity contribution is 0.354. The molecule has 8 heteroatoms. The Balaban J connectivity index is 2.21. The number of benzene rings is 1. The number of hydrogen-bond donors (Lipinski definition) is 1. The smallest absolute Gasteiger partial charge is 0.244 e. The summed E-state index contributed by atoms with van der Waals surface area (Å²) in [5.74, 6) is 0.646. The van der Waals surface area contributed by atoms with Crippen molar-refractivity contribution in [3.63, 3.8) is 0 Å². The molecule has 0 bridgehead atoms. The van der Waals surface area contributed by atoms with Gasteiger partial charge >= 0.3 is 0 Å². The Labute approximate surface area is 119 Å². The van der Waals surface area contributed by atoms with Crippen LogP contribution in [0, 0.1) is 0 Å². The summed E-state index contributed by atoms with van der Waals surface area (Å²) in [7, 11) is -3.32. The van der Waals surface area contributed by atoms with Crippen molar-refractivity contribution in [1.29, 1.82) is 0 Å². The maximum atomic E-state index is 11.1. The maximum Gasteiger partial charge on any atom is 0.244 e. The molecule has 2 rings (SSSR count). The molecule has 6 nitrogen and oxygen atoms in total. The summed E-state index contributed by atoms with van der Waals surface area (Å²) in [4.78, 5) is 4.17. The lowest BCUT2D eigenvalue weighted by Crippen LogP contribution is -2.25. The van der Waals surface area contributed by atoms with E-state index in [0.717, 1.165) is 16.3 Å². The summed E-state index contributed by atoms with van der Waals surface area (Å²) >= 11 is 3.34. The first-order valence-electron chi connectivity index (χ1n) is 5.42. The molecule has 0 unspecified atom stereocenters. The minimum Gasteiger partial charge on any atom is -0.337 e. The van der Waals surface area contributed by atoms with E-state index in [1.807, 2.05) is 24.3 Å². The Bertz CT molecular complexity index is 667. The van der Waals surface area contributed by atoms with E-state index in [-0.39, 0.29) is 5.89 Å². The summed E-state index contributed by atoms with van der Waals surface area (Å²) in [6.45, 7) is 1.64. The predicted octanol–water partition coefficient (Wildman–Crippen LogP) is 2.11. The molecular formula is C11H12BrN3O3S. The monoisotopic (exact) mass is 345 g/mol. The van der Waals surface area contributed by atoms with Crippen molar-refractivity contribution in [3.05, 3.63) is 34.6 Å². The van der Waals surface area contributed by atoms with Crippen molar-refractivity contribution in [2.45, 2.75) is 13.0 Å². The fraction of sp³-hybridized carbons (Fsp3) is 0.273. The molecule has 1 aromatic heterocycles. The number of aromatic nitrogens is 2. The Morgan fingerprint density at radius 3 is 2.53 bits per heavy atom. The largest absolute Gasteiger partial charge is 0.337 e. The van der Waals surface area contributed by atoms with Gasteiger partial charge in [0, 0.05) is 10.0 Å². The van der Waals surface area contributed by atoms with E-state index in [2.05, 4.69) is 30.8 Å². The van der Waals surface area contributed by atoms with Gasteiger partial charge in [-0.05, 0) is 31.2 Å². The molecule has 0 saturated heterocycles. The van der Waals surface area contributed by atoms with Gasteiger partial charge in [-0.15, -0.1) is 0 Å². The molecule has 0 radical (unpaired) electrons. The first-order valence-corrected chi connectivity index (χ1v) is 8.10. The zero-order chi connectivity index (χ0) is 14.0. The van der Waals surface area contributed by atoms with Gasteiger partial charge in [-0.3, -0.25) is 0 Å². The minimum atomic E-state index is -3.32. The molecule has 1 heterocycles. The first kappa shape index (κ1) is 14.2. The number of nitrogens with zero attached hydrogens (tertiary/aromatic N) is 2. The van der Waals surface area contributed by atoms with E-state index in [9.17, 15) is 8.42 Å². The highest BCUT2D eigenvalue weighted by Crippen LogP contribution is 2.20. The van der Waals surface area contributed by atoms with Crippen LogP contribution in [0.1, 0.15) is 18.9 Å². The third-order valence-corrected chi connectivity index (χ3v) is 3.62. The number of hydrogen-bond acceptors (Lipinski definition) is 5. The lowest BCUT2D eigenvalue weighted by atomic mass is 10.2. The van der Waals surface area contributed by atoms with Crippen LogP contribution in [-0.4, -0.2) is 24.8 Å². The van der Waals surface area contributed by atoms with E-state index < -0.39 is 16.1 Å². The topological polar surface area (TPSA) is 85.1 Å². The molecule has 1 aromatic carbocycles. The van der Waals surface area contributed by atoms with Crippen molar-refractivity contribution in [2.24, 2.45) is 0 Å². The standard InChI is InChI=1S/C11H12BrN3O3S/c1-7(15-19(2,16)17)11-13-10(14-18-11)8-3-5-9(12)6-4-8/h3-7,15H,1-2H3/t7-/m1/s1. The molecular weight excluding hydrogens is 334 g/mol. The van der Waals surface area contributed by atoms with Crippen molar-refractivity contribution < 1.29 is 12.9 Å². The molecule has 0 fully saturated rings. The van der Waals surface area contributed by atoms with Gasteiger partial charge in [-0.1, -0.05) is 21.1 Å². The van der Waals surface area contributed by atoms with Crippen LogP contribution in [0.2, 0.25) is 0 Å². The van der Waals surface area contributed by atoms with E-state index in [1.165, 1.54) is 0 Å². The second-order valence-corrected chi connectivity index (χ2v) is 6.77. The van der Waals surface area contributed by atoms with E-state index in [1.54, 1.807) is 6.92 Å². The summed E-state index contributed by atoms with van der Waals surface area (Å²) < 4.78 is 30.6. The number of nitrogens with one attached hydrogen (secondary N) is 1. The predicted molar refractivity (Wildman–Crippen MR) is 73.8 cm³/mol. The summed E-state index contributed by atoms with van der Waals surface area (Å²) in [6, 6.07) is 6.85. The van der Waals surface area contributed by atoms with Crippen LogP contribution in [0.3, 0.4) is 0 Å². The van der Waals surface area contributed by atoms with Gasteiger partial charge in [0.05, 0.1) is 12.3 Å². The van der Waals surface area contributed by atoms with Gasteiger partial charge in [-0.25, -0.2) is 13.1 Å². The highest BCUT2D eigenvalue weighted by Gasteiger charge is 2.18. The van der Waals surface area contributed by atoms with Crippen LogP contribution >= 0.6 is 15.9 Å². The molecule has 1 N–H and O–H groups in total. The second-order valence-electron chi connectivity index (χ2n) is 4.07. The van der Waals surface area contributed by atoms with E-state index >= 15 is 0 Å². The van der Waals surface area contributed by atoms with Crippen LogP contribution < -0.4 is 4.72 Å².